The van der Waals surface area contributed by atoms with Gasteiger partial charge in [0.2, 0.25) is 0 Å². The van der Waals surface area contributed by atoms with Crippen LogP contribution in [0.3, 0.4) is 0 Å². The molecule has 1 fully saturated rings. The fourth-order valence-electron chi connectivity index (χ4n) is 3.53. The molecule has 1 aliphatic heterocycles. The van der Waals surface area contributed by atoms with Gasteiger partial charge in [-0.1, -0.05) is 36.4 Å². The van der Waals surface area contributed by atoms with Gasteiger partial charge in [-0.15, -0.1) is 0 Å². The van der Waals surface area contributed by atoms with E-state index in [9.17, 15) is 0 Å². The van der Waals surface area contributed by atoms with E-state index in [1.54, 1.807) is 6.20 Å². The van der Waals surface area contributed by atoms with E-state index in [1.807, 2.05) is 24.4 Å². The molecule has 0 bridgehead atoms. The molecule has 5 heteroatoms. The molecule has 1 aromatic carbocycles. The van der Waals surface area contributed by atoms with Gasteiger partial charge in [-0.2, -0.15) is 5.10 Å². The Balaban J connectivity index is 1.60. The van der Waals surface area contributed by atoms with Crippen molar-refractivity contribution < 1.29 is 4.74 Å². The number of hydrogen-bond donors (Lipinski definition) is 1. The summed E-state index contributed by atoms with van der Waals surface area (Å²) in [6.45, 7) is 3.40. The van der Waals surface area contributed by atoms with Crippen LogP contribution in [-0.4, -0.2) is 42.4 Å². The predicted octanol–water partition coefficient (Wildman–Crippen LogP) is 3.94. The number of ether oxygens (including phenoxy) is 1. The minimum Gasteiger partial charge on any atom is -0.378 e. The van der Waals surface area contributed by atoms with Gasteiger partial charge in [0.05, 0.1) is 19.4 Å². The van der Waals surface area contributed by atoms with E-state index in [0.29, 0.717) is 0 Å². The number of anilines is 1. The maximum Gasteiger partial charge on any atom is 0.146 e. The first-order valence-electron chi connectivity index (χ1n) is 9.42. The van der Waals surface area contributed by atoms with Crippen LogP contribution in [0.15, 0.2) is 76.7 Å². The number of nitrogens with one attached hydrogen (secondary N) is 1. The molecule has 27 heavy (non-hydrogen) atoms. The van der Waals surface area contributed by atoms with Crippen molar-refractivity contribution in [3.8, 4) is 0 Å². The Labute approximate surface area is 160 Å². The number of allylic oxidation sites excluding steroid dienone is 2. The summed E-state index contributed by atoms with van der Waals surface area (Å²) in [6.07, 6.45) is 8.04. The van der Waals surface area contributed by atoms with Crippen LogP contribution in [0.2, 0.25) is 0 Å². The molecule has 2 aliphatic rings. The average Bonchev–Trinajstić information content (AvgIpc) is 3.12. The quantitative estimate of drug-likeness (QED) is 0.648. The molecular weight excluding hydrogens is 336 g/mol. The zero-order chi connectivity index (χ0) is 18.3. The van der Waals surface area contributed by atoms with Crippen LogP contribution in [0, 0.1) is 0 Å². The van der Waals surface area contributed by atoms with Crippen molar-refractivity contribution in [1.82, 2.24) is 9.88 Å². The summed E-state index contributed by atoms with van der Waals surface area (Å²) in [7, 11) is 0. The Morgan fingerprint density at radius 2 is 1.81 bits per heavy atom. The molecule has 0 unspecified atom stereocenters. The Morgan fingerprint density at radius 1 is 1.00 bits per heavy atom. The number of nitrogens with zero attached hydrogens (tertiary/aromatic N) is 3. The van der Waals surface area contributed by atoms with Crippen molar-refractivity contribution in [3.63, 3.8) is 0 Å². The molecule has 1 N–H and O–H groups in total. The van der Waals surface area contributed by atoms with Crippen molar-refractivity contribution in [2.24, 2.45) is 5.10 Å². The Hall–Kier alpha value is -2.92. The van der Waals surface area contributed by atoms with Crippen LogP contribution in [0.25, 0.3) is 6.08 Å². The summed E-state index contributed by atoms with van der Waals surface area (Å²) in [4.78, 5) is 6.68. The maximum atomic E-state index is 5.55. The Morgan fingerprint density at radius 3 is 2.59 bits per heavy atom. The molecule has 0 spiro atoms. The first kappa shape index (κ1) is 17.5. The molecule has 0 atom stereocenters. The standard InChI is InChI=1S/C22H24N4O/c1-2-6-18(7-3-1)16-19-9-10-20(22(19)26-12-14-27-15-13-26)17-24-25-21-8-4-5-11-23-21/h1-8,11,16-17H,9-10,12-15H2,(H,23,25)/b19-16+,24-17+. The number of hydrazone groups is 1. The fraction of sp³-hybridized carbons (Fsp3) is 0.273. The second kappa shape index (κ2) is 8.64. The Kier molecular flexibility index (Phi) is 5.60. The van der Waals surface area contributed by atoms with Crippen molar-refractivity contribution in [1.29, 1.82) is 0 Å². The van der Waals surface area contributed by atoms with Gasteiger partial charge in [-0.25, -0.2) is 4.98 Å². The molecule has 0 saturated carbocycles. The summed E-state index contributed by atoms with van der Waals surface area (Å²) >= 11 is 0. The van der Waals surface area contributed by atoms with Gasteiger partial charge in [-0.3, -0.25) is 5.43 Å². The largest absolute Gasteiger partial charge is 0.378 e. The highest BCUT2D eigenvalue weighted by atomic mass is 16.5. The molecule has 1 aliphatic carbocycles. The van der Waals surface area contributed by atoms with E-state index in [4.69, 9.17) is 4.74 Å². The monoisotopic (exact) mass is 360 g/mol. The fourth-order valence-corrected chi connectivity index (χ4v) is 3.53. The normalized spacial score (nSPS) is 19.3. The van der Waals surface area contributed by atoms with Gasteiger partial charge in [0, 0.05) is 25.0 Å². The van der Waals surface area contributed by atoms with Gasteiger partial charge in [0.15, 0.2) is 0 Å². The molecule has 2 aromatic rings. The minimum atomic E-state index is 0.750. The molecule has 4 rings (SSSR count). The highest BCUT2D eigenvalue weighted by Gasteiger charge is 2.25. The van der Waals surface area contributed by atoms with E-state index >= 15 is 0 Å². The molecule has 5 nitrogen and oxygen atoms in total. The highest BCUT2D eigenvalue weighted by Crippen LogP contribution is 2.35. The summed E-state index contributed by atoms with van der Waals surface area (Å²) in [5.74, 6) is 0.750. The van der Waals surface area contributed by atoms with Gasteiger partial charge in [0.25, 0.3) is 0 Å². The lowest BCUT2D eigenvalue weighted by Crippen LogP contribution is -2.36. The molecule has 1 aromatic heterocycles. The van der Waals surface area contributed by atoms with E-state index < -0.39 is 0 Å². The number of morpholine rings is 1. The lowest BCUT2D eigenvalue weighted by atomic mass is 10.1. The molecule has 1 saturated heterocycles. The number of aromatic nitrogens is 1. The molecule has 0 amide bonds. The van der Waals surface area contributed by atoms with Crippen molar-refractivity contribution in [2.75, 3.05) is 31.7 Å². The zero-order valence-corrected chi connectivity index (χ0v) is 15.3. The summed E-state index contributed by atoms with van der Waals surface area (Å²) in [5.41, 5.74) is 8.22. The van der Waals surface area contributed by atoms with Gasteiger partial charge < -0.3 is 9.64 Å². The van der Waals surface area contributed by atoms with Gasteiger partial charge >= 0.3 is 0 Å². The van der Waals surface area contributed by atoms with Crippen LogP contribution in [0.1, 0.15) is 18.4 Å². The van der Waals surface area contributed by atoms with Crippen LogP contribution >= 0.6 is 0 Å². The average molecular weight is 360 g/mol. The minimum absolute atomic E-state index is 0.750. The van der Waals surface area contributed by atoms with E-state index in [0.717, 1.165) is 45.0 Å². The first-order valence-corrected chi connectivity index (χ1v) is 9.42. The van der Waals surface area contributed by atoms with Crippen LogP contribution in [-0.2, 0) is 4.74 Å². The smallest absolute Gasteiger partial charge is 0.146 e. The van der Waals surface area contributed by atoms with Crippen LogP contribution in [0.4, 0.5) is 5.82 Å². The van der Waals surface area contributed by atoms with E-state index in [2.05, 4.69) is 56.8 Å². The third kappa shape index (κ3) is 4.44. The van der Waals surface area contributed by atoms with Gasteiger partial charge in [-0.05, 0) is 47.8 Å². The topological polar surface area (TPSA) is 49.8 Å². The lowest BCUT2D eigenvalue weighted by Gasteiger charge is -2.31. The van der Waals surface area contributed by atoms with Crippen LogP contribution in [0.5, 0.6) is 0 Å². The molecule has 138 valence electrons. The van der Waals surface area contributed by atoms with Crippen molar-refractivity contribution >= 4 is 18.1 Å². The third-order valence-electron chi connectivity index (χ3n) is 4.80. The zero-order valence-electron chi connectivity index (χ0n) is 15.3. The summed E-state index contributed by atoms with van der Waals surface area (Å²) in [6, 6.07) is 16.3. The highest BCUT2D eigenvalue weighted by molar-refractivity contribution is 5.84. The molecular formula is C22H24N4O. The SMILES string of the molecule is C(=N\Nc1ccccn1)/C1=C(N2CCOCC2)C(=C/c2ccccc2)/CC1. The molecule has 2 heterocycles. The number of rotatable bonds is 5. The van der Waals surface area contributed by atoms with E-state index in [-0.39, 0.29) is 0 Å². The third-order valence-corrected chi connectivity index (χ3v) is 4.80. The second-order valence-electron chi connectivity index (χ2n) is 6.64. The first-order chi connectivity index (χ1) is 13.4. The maximum absolute atomic E-state index is 5.55. The van der Waals surface area contributed by atoms with Gasteiger partial charge in [0.1, 0.15) is 5.82 Å². The van der Waals surface area contributed by atoms with Crippen molar-refractivity contribution in [3.05, 3.63) is 77.1 Å². The number of hydrogen-bond acceptors (Lipinski definition) is 5. The van der Waals surface area contributed by atoms with Crippen molar-refractivity contribution in [2.45, 2.75) is 12.8 Å². The summed E-state index contributed by atoms with van der Waals surface area (Å²) in [5, 5.41) is 4.43. The Bertz CT molecular complexity index is 837. The number of benzene rings is 1. The lowest BCUT2D eigenvalue weighted by molar-refractivity contribution is 0.0548. The predicted molar refractivity (Wildman–Crippen MR) is 109 cm³/mol. The number of pyridine rings is 1. The molecule has 0 radical (unpaired) electrons. The second-order valence-corrected chi connectivity index (χ2v) is 6.64. The van der Waals surface area contributed by atoms with E-state index in [1.165, 1.54) is 22.4 Å². The van der Waals surface area contributed by atoms with Crippen LogP contribution < -0.4 is 5.43 Å². The summed E-state index contributed by atoms with van der Waals surface area (Å²) < 4.78 is 5.55.